The Morgan fingerprint density at radius 3 is 2.68 bits per heavy atom. The largest absolute Gasteiger partial charge is 0.492 e. The van der Waals surface area contributed by atoms with Crippen LogP contribution in [0.1, 0.15) is 47.2 Å². The number of methoxy groups -OCH3 is 1. The number of amides is 1. The number of aromatic nitrogens is 4. The fourth-order valence-corrected chi connectivity index (χ4v) is 4.75. The molecule has 2 aliphatic rings. The second kappa shape index (κ2) is 8.94. The fourth-order valence-electron chi connectivity index (χ4n) is 4.75. The highest BCUT2D eigenvalue weighted by atomic mass is 16.7. The molecule has 0 N–H and O–H groups in total. The molecule has 0 radical (unpaired) electrons. The predicted octanol–water partition coefficient (Wildman–Crippen LogP) is 2.46. The Balaban J connectivity index is 1.55. The van der Waals surface area contributed by atoms with Gasteiger partial charge in [-0.3, -0.25) is 9.69 Å². The molecule has 10 heteroatoms. The summed E-state index contributed by atoms with van der Waals surface area (Å²) in [5.41, 5.74) is 3.51. The summed E-state index contributed by atoms with van der Waals surface area (Å²) >= 11 is 0. The van der Waals surface area contributed by atoms with E-state index in [1.54, 1.807) is 16.7 Å². The second-order valence-corrected chi connectivity index (χ2v) is 8.32. The summed E-state index contributed by atoms with van der Waals surface area (Å²) in [5, 5.41) is 12.7. The summed E-state index contributed by atoms with van der Waals surface area (Å²) in [6, 6.07) is 9.16. The Kier molecular flexibility index (Phi) is 5.82. The standard InChI is InChI=1S/C24H28N6O4/c1-5-29(6-2)24(31)15-7-9-17(10-8-15)30-23(25-26-27-30)20-19-16(11-12-28(20)3)13-18-21(22(19)32-4)34-14-33-18/h7-10,13,20H,5-6,11-12,14H2,1-4H3. The molecular formula is C24H28N6O4. The number of benzene rings is 2. The molecule has 34 heavy (non-hydrogen) atoms. The van der Waals surface area contributed by atoms with E-state index >= 15 is 0 Å². The third-order valence-electron chi connectivity index (χ3n) is 6.54. The van der Waals surface area contributed by atoms with Crippen molar-refractivity contribution >= 4 is 5.91 Å². The van der Waals surface area contributed by atoms with Crippen molar-refractivity contribution in [3.8, 4) is 22.9 Å². The second-order valence-electron chi connectivity index (χ2n) is 8.32. The highest BCUT2D eigenvalue weighted by molar-refractivity contribution is 5.94. The average Bonchev–Trinajstić information content (AvgIpc) is 3.53. The van der Waals surface area contributed by atoms with Gasteiger partial charge in [0.2, 0.25) is 12.5 Å². The molecule has 1 unspecified atom stereocenters. The van der Waals surface area contributed by atoms with Crippen LogP contribution in [0, 0.1) is 0 Å². The molecule has 3 aromatic rings. The Hall–Kier alpha value is -3.66. The first kappa shape index (κ1) is 22.1. The van der Waals surface area contributed by atoms with E-state index in [0.29, 0.717) is 41.7 Å². The minimum Gasteiger partial charge on any atom is -0.492 e. The molecule has 0 aliphatic carbocycles. The smallest absolute Gasteiger partial charge is 0.253 e. The number of hydrogen-bond acceptors (Lipinski definition) is 8. The van der Waals surface area contributed by atoms with Gasteiger partial charge in [-0.05, 0) is 73.6 Å². The van der Waals surface area contributed by atoms with E-state index in [2.05, 4.69) is 20.4 Å². The molecular weight excluding hydrogens is 436 g/mol. The Morgan fingerprint density at radius 1 is 1.21 bits per heavy atom. The van der Waals surface area contributed by atoms with Crippen molar-refractivity contribution in [3.63, 3.8) is 0 Å². The lowest BCUT2D eigenvalue weighted by molar-refractivity contribution is 0.0773. The van der Waals surface area contributed by atoms with Crippen molar-refractivity contribution in [2.75, 3.05) is 40.6 Å². The van der Waals surface area contributed by atoms with Gasteiger partial charge in [0.15, 0.2) is 17.3 Å². The fraction of sp³-hybridized carbons (Fsp3) is 0.417. The number of tetrazole rings is 1. The van der Waals surface area contributed by atoms with Crippen LogP contribution in [0.3, 0.4) is 0 Å². The lowest BCUT2D eigenvalue weighted by Gasteiger charge is -2.34. The summed E-state index contributed by atoms with van der Waals surface area (Å²) in [7, 11) is 3.68. The summed E-state index contributed by atoms with van der Waals surface area (Å²) < 4.78 is 18.9. The van der Waals surface area contributed by atoms with Crippen LogP contribution in [0.25, 0.3) is 5.69 Å². The van der Waals surface area contributed by atoms with Gasteiger partial charge >= 0.3 is 0 Å². The zero-order valence-corrected chi connectivity index (χ0v) is 19.8. The molecule has 2 aliphatic heterocycles. The molecule has 1 atom stereocenters. The number of ether oxygens (including phenoxy) is 3. The number of carbonyl (C=O) groups is 1. The van der Waals surface area contributed by atoms with E-state index in [0.717, 1.165) is 29.8 Å². The van der Waals surface area contributed by atoms with E-state index < -0.39 is 0 Å². The first-order valence-electron chi connectivity index (χ1n) is 11.4. The Bertz CT molecular complexity index is 1200. The number of rotatable bonds is 6. The molecule has 1 amide bonds. The Labute approximate surface area is 198 Å². The third kappa shape index (κ3) is 3.54. The van der Waals surface area contributed by atoms with Gasteiger partial charge in [-0.2, -0.15) is 4.68 Å². The van der Waals surface area contributed by atoms with E-state index in [-0.39, 0.29) is 18.7 Å². The summed E-state index contributed by atoms with van der Waals surface area (Å²) in [6.45, 7) is 6.28. The van der Waals surface area contributed by atoms with Crippen LogP contribution in [0.5, 0.6) is 17.2 Å². The number of nitrogens with zero attached hydrogens (tertiary/aromatic N) is 6. The van der Waals surface area contributed by atoms with Gasteiger partial charge in [0.1, 0.15) is 6.04 Å². The zero-order chi connectivity index (χ0) is 23.8. The van der Waals surface area contributed by atoms with Crippen molar-refractivity contribution < 1.29 is 19.0 Å². The summed E-state index contributed by atoms with van der Waals surface area (Å²) in [4.78, 5) is 16.7. The van der Waals surface area contributed by atoms with E-state index in [1.807, 2.05) is 51.2 Å². The SMILES string of the molecule is CCN(CC)C(=O)c1ccc(-n2nnnc2C2c3c(cc4c(c3OC)OCO4)CCN2C)cc1. The lowest BCUT2D eigenvalue weighted by Crippen LogP contribution is -2.35. The van der Waals surface area contributed by atoms with Gasteiger partial charge in [0.25, 0.3) is 5.91 Å². The molecule has 0 saturated carbocycles. The monoisotopic (exact) mass is 464 g/mol. The molecule has 10 nitrogen and oxygen atoms in total. The first-order valence-corrected chi connectivity index (χ1v) is 11.4. The summed E-state index contributed by atoms with van der Waals surface area (Å²) in [5.74, 6) is 2.63. The molecule has 0 bridgehead atoms. The molecule has 2 aromatic carbocycles. The quantitative estimate of drug-likeness (QED) is 0.549. The highest BCUT2D eigenvalue weighted by Crippen LogP contribution is 2.50. The summed E-state index contributed by atoms with van der Waals surface area (Å²) in [6.07, 6.45) is 0.846. The highest BCUT2D eigenvalue weighted by Gasteiger charge is 2.37. The molecule has 0 saturated heterocycles. The maximum Gasteiger partial charge on any atom is 0.253 e. The molecule has 0 spiro atoms. The van der Waals surface area contributed by atoms with Crippen LogP contribution in [0.15, 0.2) is 30.3 Å². The molecule has 178 valence electrons. The number of likely N-dealkylation sites (N-methyl/N-ethyl adjacent to an activating group) is 1. The van der Waals surface area contributed by atoms with Crippen molar-refractivity contribution in [1.82, 2.24) is 30.0 Å². The van der Waals surface area contributed by atoms with Crippen molar-refractivity contribution in [2.24, 2.45) is 0 Å². The van der Waals surface area contributed by atoms with Gasteiger partial charge < -0.3 is 19.1 Å². The van der Waals surface area contributed by atoms with Gasteiger partial charge in [-0.1, -0.05) is 0 Å². The van der Waals surface area contributed by atoms with E-state index in [9.17, 15) is 4.79 Å². The van der Waals surface area contributed by atoms with Gasteiger partial charge in [-0.25, -0.2) is 0 Å². The minimum absolute atomic E-state index is 0.00948. The Morgan fingerprint density at radius 2 is 1.97 bits per heavy atom. The van der Waals surface area contributed by atoms with Crippen molar-refractivity contribution in [1.29, 1.82) is 0 Å². The van der Waals surface area contributed by atoms with Crippen LogP contribution in [-0.4, -0.2) is 76.5 Å². The van der Waals surface area contributed by atoms with Gasteiger partial charge in [-0.15, -0.1) is 5.10 Å². The normalized spacial score (nSPS) is 16.9. The molecule has 1 aromatic heterocycles. The maximum atomic E-state index is 12.7. The topological polar surface area (TPSA) is 94.8 Å². The lowest BCUT2D eigenvalue weighted by atomic mass is 9.90. The van der Waals surface area contributed by atoms with E-state index in [1.165, 1.54) is 0 Å². The molecule has 3 heterocycles. The average molecular weight is 465 g/mol. The number of carbonyl (C=O) groups excluding carboxylic acids is 1. The zero-order valence-electron chi connectivity index (χ0n) is 19.8. The van der Waals surface area contributed by atoms with Crippen LogP contribution in [0.2, 0.25) is 0 Å². The van der Waals surface area contributed by atoms with Crippen LogP contribution < -0.4 is 14.2 Å². The van der Waals surface area contributed by atoms with Gasteiger partial charge in [0.05, 0.1) is 12.8 Å². The van der Waals surface area contributed by atoms with Gasteiger partial charge in [0, 0.05) is 30.8 Å². The van der Waals surface area contributed by atoms with Crippen LogP contribution in [-0.2, 0) is 6.42 Å². The van der Waals surface area contributed by atoms with E-state index in [4.69, 9.17) is 14.2 Å². The van der Waals surface area contributed by atoms with Crippen LogP contribution >= 0.6 is 0 Å². The number of hydrogen-bond donors (Lipinski definition) is 0. The molecule has 5 rings (SSSR count). The minimum atomic E-state index is -0.250. The van der Waals surface area contributed by atoms with Crippen molar-refractivity contribution in [3.05, 3.63) is 52.8 Å². The first-order chi connectivity index (χ1) is 16.6. The number of fused-ring (bicyclic) bond motifs is 2. The predicted molar refractivity (Wildman–Crippen MR) is 124 cm³/mol. The van der Waals surface area contributed by atoms with Crippen LogP contribution in [0.4, 0.5) is 0 Å². The maximum absolute atomic E-state index is 12.7. The molecule has 0 fully saturated rings. The van der Waals surface area contributed by atoms with Crippen molar-refractivity contribution in [2.45, 2.75) is 26.3 Å². The third-order valence-corrected chi connectivity index (χ3v) is 6.54.